The first-order valence-electron chi connectivity index (χ1n) is 14.4. The predicted molar refractivity (Wildman–Crippen MR) is 154 cm³/mol. The minimum atomic E-state index is -1.68. The number of methoxy groups -OCH3 is 1. The van der Waals surface area contributed by atoms with Gasteiger partial charge in [0.05, 0.1) is 13.2 Å². The second-order valence-corrected chi connectivity index (χ2v) is 11.1. The highest BCUT2D eigenvalue weighted by Crippen LogP contribution is 2.42. The van der Waals surface area contributed by atoms with Gasteiger partial charge in [0.1, 0.15) is 6.10 Å². The molecular weight excluding hydrogens is 560 g/mol. The van der Waals surface area contributed by atoms with Crippen LogP contribution >= 0.6 is 0 Å². The summed E-state index contributed by atoms with van der Waals surface area (Å²) in [6.45, 7) is 2.50. The van der Waals surface area contributed by atoms with E-state index in [1.54, 1.807) is 18.2 Å². The number of phenols is 1. The summed E-state index contributed by atoms with van der Waals surface area (Å²) >= 11 is 0. The van der Waals surface area contributed by atoms with Gasteiger partial charge in [-0.05, 0) is 84.9 Å². The zero-order chi connectivity index (χ0) is 31.3. The first kappa shape index (κ1) is 32.4. The van der Waals surface area contributed by atoms with E-state index in [0.717, 1.165) is 30.0 Å². The van der Waals surface area contributed by atoms with Gasteiger partial charge < -0.3 is 44.5 Å². The average Bonchev–Trinajstić information content (AvgIpc) is 2.98. The van der Waals surface area contributed by atoms with Gasteiger partial charge in [0.25, 0.3) is 0 Å². The number of ether oxygens (including phenoxy) is 4. The molecule has 11 heteroatoms. The maximum Gasteiger partial charge on any atom is 0.334 e. The summed E-state index contributed by atoms with van der Waals surface area (Å²) in [6.07, 6.45) is -3.25. The summed E-state index contributed by atoms with van der Waals surface area (Å²) in [6, 6.07) is 10.5. The van der Waals surface area contributed by atoms with Crippen LogP contribution in [0.4, 0.5) is 0 Å². The van der Waals surface area contributed by atoms with E-state index >= 15 is 0 Å². The van der Waals surface area contributed by atoms with Gasteiger partial charge in [-0.15, -0.1) is 0 Å². The molecule has 0 radical (unpaired) electrons. The topological polar surface area (TPSA) is 172 Å². The highest BCUT2D eigenvalue weighted by atomic mass is 16.7. The van der Waals surface area contributed by atoms with E-state index in [4.69, 9.17) is 18.9 Å². The fourth-order valence-electron chi connectivity index (χ4n) is 5.87. The Balaban J connectivity index is 1.74. The largest absolute Gasteiger partial charge is 0.504 e. The monoisotopic (exact) mass is 600 g/mol. The zero-order valence-corrected chi connectivity index (χ0v) is 24.5. The van der Waals surface area contributed by atoms with Gasteiger partial charge in [-0.25, -0.2) is 4.79 Å². The number of hydrogen-bond acceptors (Lipinski definition) is 11. The molecule has 1 aliphatic heterocycles. The second kappa shape index (κ2) is 14.3. The molecule has 0 bridgehead atoms. The standard InChI is InChI=1S/C32H40O11/c1-17-28(37)29(42-18(2)35)30(32(39)41-17)43-31(38)23(12-20-5-9-26(36)27(14-20)40-3)15-25-22(16-34)8-7-21-6-4-19(10-11-33)13-24(21)25/h4-6,9,12-14,17,22,25,28-30,32-34,36-37,39H,7-8,10-11,15-16H2,1-3H3. The van der Waals surface area contributed by atoms with E-state index in [2.05, 4.69) is 0 Å². The van der Waals surface area contributed by atoms with Gasteiger partial charge in [-0.1, -0.05) is 24.3 Å². The summed E-state index contributed by atoms with van der Waals surface area (Å²) in [5, 5.41) is 51.2. The Labute approximate surface area is 250 Å². The third kappa shape index (κ3) is 7.54. The van der Waals surface area contributed by atoms with Crippen molar-refractivity contribution in [3.8, 4) is 11.5 Å². The smallest absolute Gasteiger partial charge is 0.334 e. The maximum atomic E-state index is 13.9. The van der Waals surface area contributed by atoms with Gasteiger partial charge >= 0.3 is 11.9 Å². The van der Waals surface area contributed by atoms with Crippen molar-refractivity contribution in [1.82, 2.24) is 0 Å². The minimum absolute atomic E-state index is 0.0210. The van der Waals surface area contributed by atoms with Gasteiger partial charge in [0, 0.05) is 25.7 Å². The first-order valence-corrected chi connectivity index (χ1v) is 14.4. The quantitative estimate of drug-likeness (QED) is 0.199. The maximum absolute atomic E-state index is 13.9. The van der Waals surface area contributed by atoms with Crippen LogP contribution in [0, 0.1) is 5.92 Å². The molecule has 1 aliphatic carbocycles. The van der Waals surface area contributed by atoms with Crippen LogP contribution in [0.1, 0.15) is 54.9 Å². The van der Waals surface area contributed by atoms with E-state index in [9.17, 15) is 35.1 Å². The molecular formula is C32H40O11. The normalized spacial score (nSPS) is 27.2. The third-order valence-electron chi connectivity index (χ3n) is 8.17. The molecule has 0 saturated carbocycles. The van der Waals surface area contributed by atoms with Crippen LogP contribution in [0.5, 0.6) is 11.5 Å². The van der Waals surface area contributed by atoms with Crippen LogP contribution in [0.25, 0.3) is 6.08 Å². The number of hydrogen-bond donors (Lipinski definition) is 5. The summed E-state index contributed by atoms with van der Waals surface area (Å²) in [4.78, 5) is 25.7. The van der Waals surface area contributed by atoms with Crippen molar-refractivity contribution in [1.29, 1.82) is 0 Å². The van der Waals surface area contributed by atoms with Crippen LogP contribution in [0.2, 0.25) is 0 Å². The molecule has 0 amide bonds. The average molecular weight is 601 g/mol. The molecule has 43 heavy (non-hydrogen) atoms. The molecule has 5 N–H and O–H groups in total. The molecule has 11 nitrogen and oxygen atoms in total. The number of benzene rings is 2. The van der Waals surface area contributed by atoms with Crippen molar-refractivity contribution in [2.45, 2.75) is 76.2 Å². The number of carbonyl (C=O) groups is 2. The Morgan fingerprint density at radius 1 is 1.07 bits per heavy atom. The number of phenolic OH excluding ortho intramolecular Hbond substituents is 1. The number of esters is 2. The van der Waals surface area contributed by atoms with Crippen molar-refractivity contribution >= 4 is 18.0 Å². The highest BCUT2D eigenvalue weighted by molar-refractivity contribution is 5.94. The lowest BCUT2D eigenvalue weighted by Crippen LogP contribution is -2.59. The lowest BCUT2D eigenvalue weighted by molar-refractivity contribution is -0.285. The molecule has 0 aromatic heterocycles. The van der Waals surface area contributed by atoms with Crippen molar-refractivity contribution in [2.75, 3.05) is 20.3 Å². The summed E-state index contributed by atoms with van der Waals surface area (Å²) < 4.78 is 21.5. The first-order chi connectivity index (χ1) is 20.6. The van der Waals surface area contributed by atoms with E-state index < -0.39 is 42.6 Å². The van der Waals surface area contributed by atoms with Crippen LogP contribution in [0.15, 0.2) is 42.0 Å². The summed E-state index contributed by atoms with van der Waals surface area (Å²) in [5.41, 5.74) is 3.65. The number of aryl methyl sites for hydroxylation is 1. The Kier molecular flexibility index (Phi) is 10.8. The molecule has 2 aromatic carbocycles. The van der Waals surface area contributed by atoms with E-state index in [1.807, 2.05) is 18.2 Å². The Morgan fingerprint density at radius 3 is 2.51 bits per heavy atom. The highest BCUT2D eigenvalue weighted by Gasteiger charge is 2.48. The number of aliphatic hydroxyl groups is 4. The second-order valence-electron chi connectivity index (χ2n) is 11.1. The van der Waals surface area contributed by atoms with Crippen LogP contribution < -0.4 is 4.74 Å². The SMILES string of the molecule is COc1cc(C=C(CC2c3cc(CCO)ccc3CCC2CO)C(=O)OC2C(O)OC(C)C(O)C2OC(C)=O)ccc1O. The van der Waals surface area contributed by atoms with Crippen molar-refractivity contribution in [3.63, 3.8) is 0 Å². The minimum Gasteiger partial charge on any atom is -0.504 e. The van der Waals surface area contributed by atoms with Gasteiger partial charge in [0.15, 0.2) is 30.0 Å². The fourth-order valence-corrected chi connectivity index (χ4v) is 5.87. The van der Waals surface area contributed by atoms with Gasteiger partial charge in [-0.3, -0.25) is 4.79 Å². The number of rotatable bonds is 10. The van der Waals surface area contributed by atoms with Crippen molar-refractivity contribution in [3.05, 3.63) is 64.2 Å². The van der Waals surface area contributed by atoms with Crippen LogP contribution in [0.3, 0.4) is 0 Å². The Morgan fingerprint density at radius 2 is 1.84 bits per heavy atom. The third-order valence-corrected chi connectivity index (χ3v) is 8.17. The summed E-state index contributed by atoms with van der Waals surface area (Å²) in [7, 11) is 1.40. The fraction of sp³-hybridized carbons (Fsp3) is 0.500. The van der Waals surface area contributed by atoms with Gasteiger partial charge in [-0.2, -0.15) is 0 Å². The van der Waals surface area contributed by atoms with E-state index in [-0.39, 0.29) is 48.5 Å². The molecule has 1 fully saturated rings. The number of fused-ring (bicyclic) bond motifs is 1. The molecule has 234 valence electrons. The Bertz CT molecular complexity index is 1320. The van der Waals surface area contributed by atoms with Crippen LogP contribution in [-0.2, 0) is 36.6 Å². The molecule has 1 heterocycles. The van der Waals surface area contributed by atoms with Crippen molar-refractivity contribution < 1.29 is 54.1 Å². The lowest BCUT2D eigenvalue weighted by atomic mass is 9.72. The summed E-state index contributed by atoms with van der Waals surface area (Å²) in [5.74, 6) is -1.96. The van der Waals surface area contributed by atoms with E-state index in [0.29, 0.717) is 18.4 Å². The van der Waals surface area contributed by atoms with E-state index in [1.165, 1.54) is 20.1 Å². The molecule has 1 saturated heterocycles. The molecule has 7 unspecified atom stereocenters. The molecule has 0 spiro atoms. The lowest BCUT2D eigenvalue weighted by Gasteiger charge is -2.40. The van der Waals surface area contributed by atoms with Crippen LogP contribution in [-0.4, -0.2) is 88.5 Å². The number of carbonyl (C=O) groups excluding carboxylic acids is 2. The molecule has 4 rings (SSSR count). The van der Waals surface area contributed by atoms with Gasteiger partial charge in [0.2, 0.25) is 0 Å². The molecule has 2 aromatic rings. The number of aliphatic hydroxyl groups excluding tert-OH is 4. The Hall–Kier alpha value is -3.48. The van der Waals surface area contributed by atoms with Crippen molar-refractivity contribution in [2.24, 2.45) is 5.92 Å². The molecule has 7 atom stereocenters. The molecule has 2 aliphatic rings. The predicted octanol–water partition coefficient (Wildman–Crippen LogP) is 1.99. The number of aromatic hydroxyl groups is 1. The zero-order valence-electron chi connectivity index (χ0n) is 24.5.